The van der Waals surface area contributed by atoms with Gasteiger partial charge in [-0.2, -0.15) is 0 Å². The van der Waals surface area contributed by atoms with Crippen LogP contribution in [0.3, 0.4) is 0 Å². The van der Waals surface area contributed by atoms with Crippen molar-refractivity contribution in [3.63, 3.8) is 0 Å². The van der Waals surface area contributed by atoms with E-state index >= 15 is 0 Å². The molecule has 0 bridgehead atoms. The number of nitrogens with one attached hydrogen (secondary N) is 1. The van der Waals surface area contributed by atoms with Crippen LogP contribution in [-0.2, 0) is 10.2 Å². The molecular formula is C17H25NO2. The van der Waals surface area contributed by atoms with Gasteiger partial charge < -0.3 is 10.4 Å². The van der Waals surface area contributed by atoms with E-state index in [1.165, 1.54) is 11.1 Å². The highest BCUT2D eigenvalue weighted by molar-refractivity contribution is 5.77. The molecule has 0 spiro atoms. The van der Waals surface area contributed by atoms with E-state index in [-0.39, 0.29) is 29.7 Å². The van der Waals surface area contributed by atoms with Gasteiger partial charge in [0, 0.05) is 0 Å². The standard InChI is InChI=1S/C17H25NO2/c1-11(2)15(19)9-16(20)18-14-10-17(3,4)13-8-6-5-7-12(13)14/h5-8,11,14-15,19H,9-10H2,1-4H3,(H,18,20). The van der Waals surface area contributed by atoms with Crippen molar-refractivity contribution in [2.45, 2.75) is 58.1 Å². The average Bonchev–Trinajstić information content (AvgIpc) is 2.61. The van der Waals surface area contributed by atoms with Crippen LogP contribution in [0.15, 0.2) is 24.3 Å². The van der Waals surface area contributed by atoms with E-state index in [1.807, 2.05) is 26.0 Å². The zero-order valence-corrected chi connectivity index (χ0v) is 12.8. The fraction of sp³-hybridized carbons (Fsp3) is 0.588. The zero-order chi connectivity index (χ0) is 14.9. The van der Waals surface area contributed by atoms with Crippen LogP contribution in [0, 0.1) is 5.92 Å². The number of rotatable bonds is 4. The summed E-state index contributed by atoms with van der Waals surface area (Å²) in [5, 5.41) is 12.9. The van der Waals surface area contributed by atoms with Gasteiger partial charge in [-0.1, -0.05) is 52.0 Å². The fourth-order valence-electron chi connectivity index (χ4n) is 2.96. The maximum atomic E-state index is 12.1. The summed E-state index contributed by atoms with van der Waals surface area (Å²) in [5.41, 5.74) is 2.62. The van der Waals surface area contributed by atoms with E-state index in [4.69, 9.17) is 0 Å². The van der Waals surface area contributed by atoms with Crippen molar-refractivity contribution < 1.29 is 9.90 Å². The minimum absolute atomic E-state index is 0.0630. The molecule has 0 aromatic heterocycles. The van der Waals surface area contributed by atoms with Crippen LogP contribution in [0.1, 0.15) is 57.7 Å². The summed E-state index contributed by atoms with van der Waals surface area (Å²) in [6.07, 6.45) is 0.520. The van der Waals surface area contributed by atoms with Crippen molar-refractivity contribution in [2.24, 2.45) is 5.92 Å². The van der Waals surface area contributed by atoms with Gasteiger partial charge >= 0.3 is 0 Å². The molecule has 3 heteroatoms. The van der Waals surface area contributed by atoms with E-state index < -0.39 is 6.10 Å². The van der Waals surface area contributed by atoms with Gasteiger partial charge in [-0.3, -0.25) is 4.79 Å². The quantitative estimate of drug-likeness (QED) is 0.887. The summed E-state index contributed by atoms with van der Waals surface area (Å²) in [4.78, 5) is 12.1. The molecule has 0 radical (unpaired) electrons. The largest absolute Gasteiger partial charge is 0.392 e. The Hall–Kier alpha value is -1.35. The third kappa shape index (κ3) is 3.04. The van der Waals surface area contributed by atoms with Crippen LogP contribution in [0.4, 0.5) is 0 Å². The first kappa shape index (κ1) is 15.0. The van der Waals surface area contributed by atoms with Gasteiger partial charge in [0.05, 0.1) is 18.6 Å². The number of benzene rings is 1. The number of hydrogen-bond donors (Lipinski definition) is 2. The molecule has 0 aliphatic heterocycles. The van der Waals surface area contributed by atoms with Gasteiger partial charge in [0.15, 0.2) is 0 Å². The smallest absolute Gasteiger partial charge is 0.223 e. The molecule has 20 heavy (non-hydrogen) atoms. The molecule has 2 atom stereocenters. The fourth-order valence-corrected chi connectivity index (χ4v) is 2.96. The molecule has 1 amide bonds. The highest BCUT2D eigenvalue weighted by atomic mass is 16.3. The van der Waals surface area contributed by atoms with E-state index in [1.54, 1.807) is 0 Å². The molecule has 3 nitrogen and oxygen atoms in total. The molecule has 1 aliphatic rings. The number of fused-ring (bicyclic) bond motifs is 1. The second kappa shape index (κ2) is 5.57. The highest BCUT2D eigenvalue weighted by Gasteiger charge is 2.37. The molecule has 2 N–H and O–H groups in total. The number of hydrogen-bond acceptors (Lipinski definition) is 2. The Balaban J connectivity index is 2.07. The molecule has 2 rings (SSSR count). The summed E-state index contributed by atoms with van der Waals surface area (Å²) >= 11 is 0. The van der Waals surface area contributed by atoms with Gasteiger partial charge in [-0.25, -0.2) is 0 Å². The van der Waals surface area contributed by atoms with Crippen LogP contribution >= 0.6 is 0 Å². The van der Waals surface area contributed by atoms with Crippen LogP contribution in [0.5, 0.6) is 0 Å². The van der Waals surface area contributed by atoms with Crippen molar-refractivity contribution >= 4 is 5.91 Å². The van der Waals surface area contributed by atoms with Crippen LogP contribution in [-0.4, -0.2) is 17.1 Å². The third-order valence-corrected chi connectivity index (χ3v) is 4.28. The van der Waals surface area contributed by atoms with Gasteiger partial charge in [-0.05, 0) is 28.9 Å². The Morgan fingerprint density at radius 2 is 2.05 bits per heavy atom. The minimum atomic E-state index is -0.570. The second-order valence-electron chi connectivity index (χ2n) is 6.81. The van der Waals surface area contributed by atoms with Crippen molar-refractivity contribution in [3.8, 4) is 0 Å². The first-order valence-corrected chi connectivity index (χ1v) is 7.38. The molecule has 1 aromatic rings. The molecule has 110 valence electrons. The number of carbonyl (C=O) groups is 1. The van der Waals surface area contributed by atoms with Gasteiger partial charge in [0.2, 0.25) is 5.91 Å². The van der Waals surface area contributed by atoms with Crippen molar-refractivity contribution in [2.75, 3.05) is 0 Å². The molecule has 1 aromatic carbocycles. The Morgan fingerprint density at radius 3 is 2.70 bits per heavy atom. The molecule has 0 fully saturated rings. The van der Waals surface area contributed by atoms with Crippen LogP contribution in [0.2, 0.25) is 0 Å². The van der Waals surface area contributed by atoms with Crippen LogP contribution < -0.4 is 5.32 Å². The topological polar surface area (TPSA) is 49.3 Å². The predicted octanol–water partition coefficient (Wildman–Crippen LogP) is 2.93. The first-order chi connectivity index (χ1) is 9.31. The molecule has 1 aliphatic carbocycles. The lowest BCUT2D eigenvalue weighted by atomic mass is 9.86. The second-order valence-corrected chi connectivity index (χ2v) is 6.81. The van der Waals surface area contributed by atoms with Crippen molar-refractivity contribution in [1.82, 2.24) is 5.32 Å². The number of aliphatic hydroxyl groups is 1. The van der Waals surface area contributed by atoms with Gasteiger partial charge in [-0.15, -0.1) is 0 Å². The van der Waals surface area contributed by atoms with Crippen molar-refractivity contribution in [1.29, 1.82) is 0 Å². The Labute approximate surface area is 121 Å². The monoisotopic (exact) mass is 275 g/mol. The highest BCUT2D eigenvalue weighted by Crippen LogP contribution is 2.44. The van der Waals surface area contributed by atoms with Crippen molar-refractivity contribution in [3.05, 3.63) is 35.4 Å². The number of carbonyl (C=O) groups excluding carboxylic acids is 1. The van der Waals surface area contributed by atoms with E-state index in [0.29, 0.717) is 0 Å². The maximum absolute atomic E-state index is 12.1. The summed E-state index contributed by atoms with van der Waals surface area (Å²) in [6, 6.07) is 8.36. The Morgan fingerprint density at radius 1 is 1.40 bits per heavy atom. The summed E-state index contributed by atoms with van der Waals surface area (Å²) < 4.78 is 0. The maximum Gasteiger partial charge on any atom is 0.223 e. The lowest BCUT2D eigenvalue weighted by Crippen LogP contribution is -2.32. The normalized spacial score (nSPS) is 21.6. The van der Waals surface area contributed by atoms with E-state index in [2.05, 4.69) is 31.3 Å². The van der Waals surface area contributed by atoms with Gasteiger partial charge in [0.1, 0.15) is 0 Å². The first-order valence-electron chi connectivity index (χ1n) is 7.38. The Kier molecular flexibility index (Phi) is 4.19. The SMILES string of the molecule is CC(C)C(O)CC(=O)NC1CC(C)(C)c2ccccc21. The minimum Gasteiger partial charge on any atom is -0.392 e. The predicted molar refractivity (Wildman–Crippen MR) is 80.4 cm³/mol. The molecule has 0 saturated carbocycles. The van der Waals surface area contributed by atoms with Crippen LogP contribution in [0.25, 0.3) is 0 Å². The summed E-state index contributed by atoms with van der Waals surface area (Å²) in [7, 11) is 0. The lowest BCUT2D eigenvalue weighted by molar-refractivity contribution is -0.124. The van der Waals surface area contributed by atoms with E-state index in [0.717, 1.165) is 6.42 Å². The Bertz CT molecular complexity index is 494. The third-order valence-electron chi connectivity index (χ3n) is 4.28. The summed E-state index contributed by atoms with van der Waals surface area (Å²) in [5.74, 6) is 0.0387. The lowest BCUT2D eigenvalue weighted by Gasteiger charge is -2.20. The average molecular weight is 275 g/mol. The molecule has 0 saturated heterocycles. The zero-order valence-electron chi connectivity index (χ0n) is 12.8. The molecule has 2 unspecified atom stereocenters. The molecular weight excluding hydrogens is 250 g/mol. The number of amides is 1. The number of aliphatic hydroxyl groups excluding tert-OH is 1. The van der Waals surface area contributed by atoms with E-state index in [9.17, 15) is 9.90 Å². The van der Waals surface area contributed by atoms with Gasteiger partial charge in [0.25, 0.3) is 0 Å². The molecule has 0 heterocycles. The summed E-state index contributed by atoms with van der Waals surface area (Å²) in [6.45, 7) is 8.26.